The van der Waals surface area contributed by atoms with Crippen LogP contribution in [0.3, 0.4) is 0 Å². The molecule has 0 radical (unpaired) electrons. The van der Waals surface area contributed by atoms with Crippen molar-refractivity contribution in [3.05, 3.63) is 42.7 Å². The molecule has 0 atom stereocenters. The highest BCUT2D eigenvalue weighted by Gasteiger charge is 2.06. The lowest BCUT2D eigenvalue weighted by Gasteiger charge is -2.07. The lowest BCUT2D eigenvalue weighted by atomic mass is 10.2. The van der Waals surface area contributed by atoms with Crippen molar-refractivity contribution in [2.45, 2.75) is 0 Å². The van der Waals surface area contributed by atoms with E-state index in [1.807, 2.05) is 41.1 Å². The van der Waals surface area contributed by atoms with Crippen molar-refractivity contribution in [1.29, 1.82) is 0 Å². The summed E-state index contributed by atoms with van der Waals surface area (Å²) in [5.74, 6) is 1.42. The van der Waals surface area contributed by atoms with Crippen LogP contribution in [0.2, 0.25) is 0 Å². The van der Waals surface area contributed by atoms with Gasteiger partial charge in [-0.15, -0.1) is 0 Å². The van der Waals surface area contributed by atoms with Crippen LogP contribution in [0.1, 0.15) is 0 Å². The Morgan fingerprint density at radius 1 is 1.20 bits per heavy atom. The first-order valence-electron chi connectivity index (χ1n) is 6.23. The van der Waals surface area contributed by atoms with E-state index in [1.165, 1.54) is 0 Å². The van der Waals surface area contributed by atoms with Gasteiger partial charge < -0.3 is 9.88 Å². The third-order valence-electron chi connectivity index (χ3n) is 3.02. The molecule has 0 fully saturated rings. The number of benzene rings is 1. The Bertz CT molecular complexity index is 737. The Hall–Kier alpha value is -2.60. The molecule has 0 bridgehead atoms. The van der Waals surface area contributed by atoms with Crippen LogP contribution in [0.5, 0.6) is 0 Å². The van der Waals surface area contributed by atoms with Crippen molar-refractivity contribution in [2.75, 3.05) is 25.0 Å². The van der Waals surface area contributed by atoms with Gasteiger partial charge in [0.05, 0.1) is 18.3 Å². The lowest BCUT2D eigenvalue weighted by Crippen LogP contribution is -2.01. The molecular formula is C14H15N5O. The summed E-state index contributed by atoms with van der Waals surface area (Å²) in [6, 6.07) is 9.93. The standard InChI is InChI=1S/C14H15N5O/c1-15-14-16-7-5-13(17-14)19-8-6-10-9-11(18-20-2)3-4-12(10)19/h3-9,18H,1-2H3,(H,15,16,17). The highest BCUT2D eigenvalue weighted by atomic mass is 16.6. The summed E-state index contributed by atoms with van der Waals surface area (Å²) >= 11 is 0. The average molecular weight is 269 g/mol. The lowest BCUT2D eigenvalue weighted by molar-refractivity contribution is 0.271. The zero-order chi connectivity index (χ0) is 13.9. The summed E-state index contributed by atoms with van der Waals surface area (Å²) in [7, 11) is 3.39. The Morgan fingerprint density at radius 2 is 2.10 bits per heavy atom. The number of anilines is 2. The van der Waals surface area contributed by atoms with Gasteiger partial charge in [-0.1, -0.05) is 0 Å². The first kappa shape index (κ1) is 12.4. The molecule has 0 aliphatic heterocycles. The highest BCUT2D eigenvalue weighted by molar-refractivity contribution is 5.85. The molecule has 2 N–H and O–H groups in total. The van der Waals surface area contributed by atoms with Gasteiger partial charge in [-0.2, -0.15) is 4.98 Å². The predicted molar refractivity (Wildman–Crippen MR) is 79.0 cm³/mol. The first-order valence-corrected chi connectivity index (χ1v) is 6.23. The van der Waals surface area contributed by atoms with Gasteiger partial charge in [0.25, 0.3) is 0 Å². The fraction of sp³-hybridized carbons (Fsp3) is 0.143. The van der Waals surface area contributed by atoms with Gasteiger partial charge in [-0.3, -0.25) is 10.3 Å². The van der Waals surface area contributed by atoms with Crippen LogP contribution in [0.4, 0.5) is 11.6 Å². The smallest absolute Gasteiger partial charge is 0.224 e. The predicted octanol–water partition coefficient (Wildman–Crippen LogP) is 2.44. The molecule has 1 aromatic carbocycles. The van der Waals surface area contributed by atoms with Gasteiger partial charge >= 0.3 is 0 Å². The minimum atomic E-state index is 0.599. The summed E-state index contributed by atoms with van der Waals surface area (Å²) in [4.78, 5) is 13.5. The molecule has 102 valence electrons. The molecule has 3 rings (SSSR count). The second kappa shape index (κ2) is 5.18. The molecule has 20 heavy (non-hydrogen) atoms. The minimum absolute atomic E-state index is 0.599. The quantitative estimate of drug-likeness (QED) is 0.712. The second-order valence-electron chi connectivity index (χ2n) is 4.25. The van der Waals surface area contributed by atoms with E-state index in [4.69, 9.17) is 4.84 Å². The third-order valence-corrected chi connectivity index (χ3v) is 3.02. The molecule has 2 aromatic heterocycles. The fourth-order valence-corrected chi connectivity index (χ4v) is 2.13. The molecule has 0 aliphatic rings. The minimum Gasteiger partial charge on any atom is -0.357 e. The number of hydrogen-bond acceptors (Lipinski definition) is 5. The van der Waals surface area contributed by atoms with Gasteiger partial charge in [0, 0.05) is 24.8 Å². The Kier molecular flexibility index (Phi) is 3.22. The molecule has 0 saturated carbocycles. The highest BCUT2D eigenvalue weighted by Crippen LogP contribution is 2.23. The van der Waals surface area contributed by atoms with E-state index in [2.05, 4.69) is 20.8 Å². The number of fused-ring (bicyclic) bond motifs is 1. The van der Waals surface area contributed by atoms with Crippen LogP contribution in [-0.4, -0.2) is 28.7 Å². The topological polar surface area (TPSA) is 64.0 Å². The molecule has 3 aromatic rings. The van der Waals surface area contributed by atoms with Gasteiger partial charge in [-0.05, 0) is 30.3 Å². The summed E-state index contributed by atoms with van der Waals surface area (Å²) in [5, 5.41) is 4.05. The van der Waals surface area contributed by atoms with Crippen molar-refractivity contribution < 1.29 is 4.84 Å². The summed E-state index contributed by atoms with van der Waals surface area (Å²) in [5.41, 5.74) is 4.81. The molecule has 0 saturated heterocycles. The zero-order valence-corrected chi connectivity index (χ0v) is 11.3. The van der Waals surface area contributed by atoms with Crippen molar-refractivity contribution in [1.82, 2.24) is 14.5 Å². The maximum absolute atomic E-state index is 4.91. The summed E-state index contributed by atoms with van der Waals surface area (Å²) < 4.78 is 2.02. The van der Waals surface area contributed by atoms with E-state index in [0.29, 0.717) is 5.95 Å². The van der Waals surface area contributed by atoms with Crippen LogP contribution < -0.4 is 10.8 Å². The van der Waals surface area contributed by atoms with Crippen LogP contribution in [0.15, 0.2) is 42.7 Å². The van der Waals surface area contributed by atoms with Crippen molar-refractivity contribution in [2.24, 2.45) is 0 Å². The Labute approximate surface area is 116 Å². The Morgan fingerprint density at radius 3 is 2.90 bits per heavy atom. The van der Waals surface area contributed by atoms with Gasteiger partial charge in [0.15, 0.2) is 0 Å². The fourth-order valence-electron chi connectivity index (χ4n) is 2.13. The number of nitrogens with one attached hydrogen (secondary N) is 2. The van der Waals surface area contributed by atoms with E-state index in [-0.39, 0.29) is 0 Å². The molecule has 6 nitrogen and oxygen atoms in total. The molecule has 0 amide bonds. The van der Waals surface area contributed by atoms with Crippen LogP contribution >= 0.6 is 0 Å². The monoisotopic (exact) mass is 269 g/mol. The SMILES string of the molecule is CNc1nccc(-n2ccc3cc(NOC)ccc32)n1. The summed E-state index contributed by atoms with van der Waals surface area (Å²) in [6.07, 6.45) is 3.73. The van der Waals surface area contributed by atoms with Crippen molar-refractivity contribution >= 4 is 22.5 Å². The number of rotatable bonds is 4. The van der Waals surface area contributed by atoms with Crippen molar-refractivity contribution in [3.8, 4) is 5.82 Å². The Balaban J connectivity index is 2.07. The third kappa shape index (κ3) is 2.17. The maximum atomic E-state index is 4.91. The molecular weight excluding hydrogens is 254 g/mol. The summed E-state index contributed by atoms with van der Waals surface area (Å²) in [6.45, 7) is 0. The van der Waals surface area contributed by atoms with Gasteiger partial charge in [-0.25, -0.2) is 4.98 Å². The van der Waals surface area contributed by atoms with Crippen LogP contribution in [0, 0.1) is 0 Å². The normalized spacial score (nSPS) is 10.7. The van der Waals surface area contributed by atoms with Crippen LogP contribution in [-0.2, 0) is 4.84 Å². The zero-order valence-electron chi connectivity index (χ0n) is 11.3. The molecule has 0 aliphatic carbocycles. The first-order chi connectivity index (χ1) is 9.81. The average Bonchev–Trinajstić information content (AvgIpc) is 2.91. The maximum Gasteiger partial charge on any atom is 0.224 e. The van der Waals surface area contributed by atoms with E-state index in [9.17, 15) is 0 Å². The van der Waals surface area contributed by atoms with Crippen LogP contribution in [0.25, 0.3) is 16.7 Å². The molecule has 0 unspecified atom stereocenters. The van der Waals surface area contributed by atoms with Crippen molar-refractivity contribution in [3.63, 3.8) is 0 Å². The van der Waals surface area contributed by atoms with E-state index < -0.39 is 0 Å². The van der Waals surface area contributed by atoms with E-state index in [1.54, 1.807) is 20.4 Å². The number of nitrogens with zero attached hydrogens (tertiary/aromatic N) is 3. The number of hydrogen-bond donors (Lipinski definition) is 2. The number of aromatic nitrogens is 3. The van der Waals surface area contributed by atoms with Gasteiger partial charge in [0.1, 0.15) is 5.82 Å². The molecule has 6 heteroatoms. The van der Waals surface area contributed by atoms with E-state index in [0.717, 1.165) is 22.4 Å². The molecule has 0 spiro atoms. The molecule has 2 heterocycles. The second-order valence-corrected chi connectivity index (χ2v) is 4.25. The largest absolute Gasteiger partial charge is 0.357 e. The van der Waals surface area contributed by atoms with E-state index >= 15 is 0 Å². The van der Waals surface area contributed by atoms with Gasteiger partial charge in [0.2, 0.25) is 5.95 Å².